The standard InChI is InChI=1S/C23H18N2O4S/c1-2-28-23(27)19-17(15-9-5-3-6-10-15)14-30-21(19)24-13-18-22(26)29-20(25-18)16-11-7-4-8-12-16/h3-14,26H,2H2,1H3/b24-13+. The van der Waals surface area contributed by atoms with Gasteiger partial charge in [0.1, 0.15) is 10.6 Å². The van der Waals surface area contributed by atoms with E-state index in [2.05, 4.69) is 9.98 Å². The van der Waals surface area contributed by atoms with Crippen molar-refractivity contribution in [2.75, 3.05) is 6.61 Å². The number of carbonyl (C=O) groups is 1. The fourth-order valence-corrected chi connectivity index (χ4v) is 3.81. The summed E-state index contributed by atoms with van der Waals surface area (Å²) in [5.41, 5.74) is 2.95. The number of aromatic hydroxyl groups is 1. The van der Waals surface area contributed by atoms with Crippen LogP contribution in [0.1, 0.15) is 23.0 Å². The highest BCUT2D eigenvalue weighted by molar-refractivity contribution is 7.14. The molecular formula is C23H18N2O4S. The Morgan fingerprint density at radius 1 is 1.13 bits per heavy atom. The van der Waals surface area contributed by atoms with E-state index in [4.69, 9.17) is 9.15 Å². The second-order valence-corrected chi connectivity index (χ2v) is 7.11. The molecular weight excluding hydrogens is 400 g/mol. The molecule has 0 radical (unpaired) electrons. The van der Waals surface area contributed by atoms with Crippen LogP contribution in [-0.4, -0.2) is 28.9 Å². The first-order valence-corrected chi connectivity index (χ1v) is 10.2. The minimum absolute atomic E-state index is 0.179. The molecule has 1 N–H and O–H groups in total. The zero-order valence-corrected chi connectivity index (χ0v) is 16.9. The van der Waals surface area contributed by atoms with E-state index in [1.165, 1.54) is 17.6 Å². The van der Waals surface area contributed by atoms with Crippen LogP contribution in [0.15, 0.2) is 75.5 Å². The molecule has 0 fully saturated rings. The van der Waals surface area contributed by atoms with Crippen molar-refractivity contribution in [3.05, 3.63) is 77.3 Å². The van der Waals surface area contributed by atoms with Crippen LogP contribution in [0.25, 0.3) is 22.6 Å². The summed E-state index contributed by atoms with van der Waals surface area (Å²) in [5.74, 6) is -0.495. The molecule has 2 heterocycles. The molecule has 4 aromatic rings. The zero-order valence-electron chi connectivity index (χ0n) is 16.1. The minimum atomic E-state index is -0.445. The van der Waals surface area contributed by atoms with Crippen molar-refractivity contribution >= 4 is 28.5 Å². The molecule has 7 heteroatoms. The van der Waals surface area contributed by atoms with Crippen molar-refractivity contribution in [3.8, 4) is 28.5 Å². The van der Waals surface area contributed by atoms with E-state index in [-0.39, 0.29) is 24.1 Å². The predicted octanol–water partition coefficient (Wildman–Crippen LogP) is 5.70. The van der Waals surface area contributed by atoms with E-state index in [1.54, 1.807) is 6.92 Å². The van der Waals surface area contributed by atoms with E-state index in [9.17, 15) is 9.90 Å². The second kappa shape index (κ2) is 8.75. The summed E-state index contributed by atoms with van der Waals surface area (Å²) in [4.78, 5) is 21.3. The molecule has 0 amide bonds. The third-order valence-electron chi connectivity index (χ3n) is 4.30. The largest absolute Gasteiger partial charge is 0.479 e. The molecule has 2 aromatic heterocycles. The Hall–Kier alpha value is -3.71. The Morgan fingerprint density at radius 3 is 2.47 bits per heavy atom. The number of hydrogen-bond donors (Lipinski definition) is 1. The fraction of sp³-hybridized carbons (Fsp3) is 0.0870. The highest BCUT2D eigenvalue weighted by Gasteiger charge is 2.21. The average molecular weight is 418 g/mol. The summed E-state index contributed by atoms with van der Waals surface area (Å²) in [7, 11) is 0. The van der Waals surface area contributed by atoms with Gasteiger partial charge in [0, 0.05) is 16.5 Å². The first kappa shape index (κ1) is 19.6. The number of esters is 1. The molecule has 6 nitrogen and oxygen atoms in total. The molecule has 0 aliphatic carbocycles. The Bertz CT molecular complexity index is 1180. The third kappa shape index (κ3) is 4.01. The van der Waals surface area contributed by atoms with Gasteiger partial charge in [-0.1, -0.05) is 48.5 Å². The van der Waals surface area contributed by atoms with E-state index in [0.29, 0.717) is 10.6 Å². The van der Waals surface area contributed by atoms with Crippen LogP contribution >= 0.6 is 11.3 Å². The minimum Gasteiger partial charge on any atom is -0.479 e. The van der Waals surface area contributed by atoms with E-state index >= 15 is 0 Å². The number of ether oxygens (including phenoxy) is 1. The second-order valence-electron chi connectivity index (χ2n) is 6.25. The van der Waals surface area contributed by atoms with E-state index < -0.39 is 5.97 Å². The van der Waals surface area contributed by atoms with Crippen molar-refractivity contribution in [2.24, 2.45) is 4.99 Å². The van der Waals surface area contributed by atoms with E-state index in [1.807, 2.05) is 66.0 Å². The maximum absolute atomic E-state index is 12.6. The van der Waals surface area contributed by atoms with Crippen molar-refractivity contribution in [2.45, 2.75) is 6.92 Å². The van der Waals surface area contributed by atoms with Crippen LogP contribution in [0.4, 0.5) is 5.00 Å². The number of thiophene rings is 1. The number of rotatable bonds is 6. The number of hydrogen-bond acceptors (Lipinski definition) is 7. The van der Waals surface area contributed by atoms with Gasteiger partial charge in [-0.2, -0.15) is 0 Å². The molecule has 2 aromatic carbocycles. The summed E-state index contributed by atoms with van der Waals surface area (Å²) >= 11 is 1.31. The van der Waals surface area contributed by atoms with Crippen LogP contribution in [-0.2, 0) is 4.74 Å². The molecule has 0 bridgehead atoms. The summed E-state index contributed by atoms with van der Waals surface area (Å²) in [6.45, 7) is 2.02. The lowest BCUT2D eigenvalue weighted by molar-refractivity contribution is 0.0529. The molecule has 0 saturated heterocycles. The number of aromatic nitrogens is 1. The molecule has 0 spiro atoms. The van der Waals surface area contributed by atoms with Gasteiger partial charge in [0.25, 0.3) is 0 Å². The quantitative estimate of drug-likeness (QED) is 0.320. The first-order chi connectivity index (χ1) is 14.7. The zero-order chi connectivity index (χ0) is 20.9. The summed E-state index contributed by atoms with van der Waals surface area (Å²) in [6.07, 6.45) is 1.38. The molecule has 4 rings (SSSR count). The summed E-state index contributed by atoms with van der Waals surface area (Å²) in [6, 6.07) is 18.8. The Kier molecular flexibility index (Phi) is 5.72. The van der Waals surface area contributed by atoms with E-state index in [0.717, 1.165) is 16.7 Å². The van der Waals surface area contributed by atoms with Crippen molar-refractivity contribution in [1.82, 2.24) is 4.98 Å². The van der Waals surface area contributed by atoms with Gasteiger partial charge >= 0.3 is 11.9 Å². The van der Waals surface area contributed by atoms with Crippen molar-refractivity contribution < 1.29 is 19.1 Å². The highest BCUT2D eigenvalue weighted by Crippen LogP contribution is 2.38. The van der Waals surface area contributed by atoms with Gasteiger partial charge in [0.05, 0.1) is 12.8 Å². The topological polar surface area (TPSA) is 84.9 Å². The van der Waals surface area contributed by atoms with Crippen LogP contribution in [0.3, 0.4) is 0 Å². The van der Waals surface area contributed by atoms with Crippen molar-refractivity contribution in [1.29, 1.82) is 0 Å². The molecule has 150 valence electrons. The summed E-state index contributed by atoms with van der Waals surface area (Å²) in [5, 5.41) is 12.4. The highest BCUT2D eigenvalue weighted by atomic mass is 32.1. The fourth-order valence-electron chi connectivity index (χ4n) is 2.91. The number of benzene rings is 2. The molecule has 0 aliphatic rings. The Labute approximate surface area is 177 Å². The maximum atomic E-state index is 12.6. The summed E-state index contributed by atoms with van der Waals surface area (Å²) < 4.78 is 10.6. The van der Waals surface area contributed by atoms with Gasteiger partial charge in [0.15, 0.2) is 5.69 Å². The number of aliphatic imine (C=N–C) groups is 1. The number of oxazole rings is 1. The van der Waals surface area contributed by atoms with Crippen LogP contribution < -0.4 is 0 Å². The van der Waals surface area contributed by atoms with Gasteiger partial charge < -0.3 is 14.3 Å². The predicted molar refractivity (Wildman–Crippen MR) is 117 cm³/mol. The Balaban J connectivity index is 1.70. The smallest absolute Gasteiger partial charge is 0.341 e. The Morgan fingerprint density at radius 2 is 1.80 bits per heavy atom. The van der Waals surface area contributed by atoms with Gasteiger partial charge in [-0.25, -0.2) is 14.8 Å². The first-order valence-electron chi connectivity index (χ1n) is 9.30. The molecule has 0 unspecified atom stereocenters. The van der Waals surface area contributed by atoms with Crippen LogP contribution in [0.5, 0.6) is 5.95 Å². The van der Waals surface area contributed by atoms with Crippen LogP contribution in [0.2, 0.25) is 0 Å². The van der Waals surface area contributed by atoms with Crippen LogP contribution in [0, 0.1) is 0 Å². The van der Waals surface area contributed by atoms with Crippen molar-refractivity contribution in [3.63, 3.8) is 0 Å². The molecule has 0 aliphatic heterocycles. The monoisotopic (exact) mass is 418 g/mol. The number of nitrogens with zero attached hydrogens (tertiary/aromatic N) is 2. The van der Waals surface area contributed by atoms with Gasteiger partial charge in [-0.15, -0.1) is 11.3 Å². The van der Waals surface area contributed by atoms with Gasteiger partial charge in [0.2, 0.25) is 5.89 Å². The maximum Gasteiger partial charge on any atom is 0.341 e. The normalized spacial score (nSPS) is 11.1. The molecule has 0 atom stereocenters. The molecule has 30 heavy (non-hydrogen) atoms. The number of carbonyl (C=O) groups excluding carboxylic acids is 1. The third-order valence-corrected chi connectivity index (χ3v) is 5.18. The lowest BCUT2D eigenvalue weighted by atomic mass is 10.0. The molecule has 0 saturated carbocycles. The van der Waals surface area contributed by atoms with Gasteiger partial charge in [-0.3, -0.25) is 0 Å². The average Bonchev–Trinajstić information content (AvgIpc) is 3.37. The lowest BCUT2D eigenvalue weighted by Gasteiger charge is -2.05. The van der Waals surface area contributed by atoms with Gasteiger partial charge in [-0.05, 0) is 24.6 Å². The lowest BCUT2D eigenvalue weighted by Crippen LogP contribution is -2.05. The SMILES string of the molecule is CCOC(=O)c1c(-c2ccccc2)csc1/N=C/c1nc(-c2ccccc2)oc1O.